The van der Waals surface area contributed by atoms with Gasteiger partial charge in [-0.05, 0) is 50.5 Å². The number of piperidine rings is 1. The van der Waals surface area contributed by atoms with E-state index in [1.54, 1.807) is 35.9 Å². The second-order valence-electron chi connectivity index (χ2n) is 5.90. The number of methoxy groups -OCH3 is 1. The number of aryl methyl sites for hydroxylation is 1. The predicted molar refractivity (Wildman–Crippen MR) is 91.8 cm³/mol. The Morgan fingerprint density at radius 1 is 1.24 bits per heavy atom. The summed E-state index contributed by atoms with van der Waals surface area (Å²) < 4.78 is 6.41. The lowest BCUT2D eigenvalue weighted by Gasteiger charge is -2.32. The van der Waals surface area contributed by atoms with Gasteiger partial charge in [-0.3, -0.25) is 4.79 Å². The third-order valence-corrected chi connectivity index (χ3v) is 4.52. The van der Waals surface area contributed by atoms with Crippen molar-refractivity contribution in [2.75, 3.05) is 13.7 Å². The van der Waals surface area contributed by atoms with Crippen LogP contribution in [0.15, 0.2) is 24.3 Å². The fourth-order valence-corrected chi connectivity index (χ4v) is 3.12. The number of likely N-dealkylation sites (tertiary alicyclic amines) is 1. The van der Waals surface area contributed by atoms with E-state index in [2.05, 4.69) is 10.1 Å². The van der Waals surface area contributed by atoms with Crippen molar-refractivity contribution in [3.63, 3.8) is 0 Å². The van der Waals surface area contributed by atoms with Crippen molar-refractivity contribution in [1.29, 1.82) is 0 Å². The van der Waals surface area contributed by atoms with Crippen molar-refractivity contribution in [2.45, 2.75) is 32.2 Å². The molecule has 1 atom stereocenters. The van der Waals surface area contributed by atoms with Gasteiger partial charge >= 0.3 is 5.97 Å². The lowest BCUT2D eigenvalue weighted by molar-refractivity contribution is -0.147. The normalized spacial score (nSPS) is 17.4. The summed E-state index contributed by atoms with van der Waals surface area (Å²) in [5.41, 5.74) is 0.761. The molecule has 1 aliphatic heterocycles. The minimum absolute atomic E-state index is 0.0725. The number of rotatable bonds is 3. The molecule has 132 valence electrons. The number of nitrogens with zero attached hydrogens (tertiary/aromatic N) is 4. The van der Waals surface area contributed by atoms with E-state index >= 15 is 0 Å². The Kier molecular flexibility index (Phi) is 5.03. The van der Waals surface area contributed by atoms with Gasteiger partial charge in [-0.15, -0.1) is 5.10 Å². The highest BCUT2D eigenvalue weighted by Crippen LogP contribution is 2.21. The molecule has 1 aromatic heterocycles. The molecule has 0 radical (unpaired) electrons. The van der Waals surface area contributed by atoms with Crippen molar-refractivity contribution >= 4 is 23.5 Å². The van der Waals surface area contributed by atoms with Crippen LogP contribution in [0.25, 0.3) is 5.69 Å². The van der Waals surface area contributed by atoms with Gasteiger partial charge in [-0.1, -0.05) is 11.6 Å². The number of hydrogen-bond acceptors (Lipinski definition) is 5. The molecule has 3 rings (SSSR count). The van der Waals surface area contributed by atoms with Crippen LogP contribution in [0.5, 0.6) is 0 Å². The number of ether oxygens (including phenoxy) is 1. The Bertz CT molecular complexity index is 788. The molecule has 1 unspecified atom stereocenters. The van der Waals surface area contributed by atoms with E-state index in [0.717, 1.165) is 18.5 Å². The summed E-state index contributed by atoms with van der Waals surface area (Å²) in [5.74, 6) is -0.103. The zero-order valence-electron chi connectivity index (χ0n) is 14.1. The Labute approximate surface area is 150 Å². The molecular formula is C17H19ClN4O3. The van der Waals surface area contributed by atoms with Crippen molar-refractivity contribution < 1.29 is 14.3 Å². The van der Waals surface area contributed by atoms with E-state index < -0.39 is 12.0 Å². The molecule has 1 saturated heterocycles. The van der Waals surface area contributed by atoms with Gasteiger partial charge in [0.25, 0.3) is 5.91 Å². The highest BCUT2D eigenvalue weighted by atomic mass is 35.5. The fourth-order valence-electron chi connectivity index (χ4n) is 2.99. The summed E-state index contributed by atoms with van der Waals surface area (Å²) in [6.45, 7) is 2.26. The first-order valence-electron chi connectivity index (χ1n) is 8.09. The van der Waals surface area contributed by atoms with Crippen LogP contribution in [0, 0.1) is 6.92 Å². The lowest BCUT2D eigenvalue weighted by Crippen LogP contribution is -2.48. The standard InChI is InChI=1S/C17H19ClN4O3/c1-11-19-15(20-22(11)13-8-6-12(18)7-9-13)16(23)21-10-4-3-5-14(21)17(24)25-2/h6-9,14H,3-5,10H2,1-2H3. The van der Waals surface area contributed by atoms with Gasteiger partial charge in [0.15, 0.2) is 0 Å². The monoisotopic (exact) mass is 362 g/mol. The quantitative estimate of drug-likeness (QED) is 0.783. The molecule has 1 fully saturated rings. The van der Waals surface area contributed by atoms with Gasteiger partial charge in [0.2, 0.25) is 5.82 Å². The summed E-state index contributed by atoms with van der Waals surface area (Å²) in [6, 6.07) is 6.52. The van der Waals surface area contributed by atoms with Gasteiger partial charge in [-0.25, -0.2) is 14.5 Å². The molecule has 0 bridgehead atoms. The first kappa shape index (κ1) is 17.4. The Morgan fingerprint density at radius 3 is 2.64 bits per heavy atom. The van der Waals surface area contributed by atoms with Gasteiger partial charge in [0.1, 0.15) is 11.9 Å². The third-order valence-electron chi connectivity index (χ3n) is 4.27. The molecule has 1 aliphatic rings. The number of carbonyl (C=O) groups excluding carboxylic acids is 2. The van der Waals surface area contributed by atoms with E-state index in [1.807, 2.05) is 0 Å². The van der Waals surface area contributed by atoms with Crippen molar-refractivity contribution in [2.24, 2.45) is 0 Å². The molecule has 8 heteroatoms. The number of amides is 1. The number of carbonyl (C=O) groups is 2. The molecule has 25 heavy (non-hydrogen) atoms. The lowest BCUT2D eigenvalue weighted by atomic mass is 10.0. The number of esters is 1. The molecule has 0 aliphatic carbocycles. The van der Waals surface area contributed by atoms with E-state index in [4.69, 9.17) is 16.3 Å². The molecule has 1 amide bonds. The number of benzene rings is 1. The van der Waals surface area contributed by atoms with Crippen LogP contribution in [0.3, 0.4) is 0 Å². The molecular weight excluding hydrogens is 344 g/mol. The summed E-state index contributed by atoms with van der Waals surface area (Å²) >= 11 is 5.91. The molecule has 1 aromatic carbocycles. The first-order valence-corrected chi connectivity index (χ1v) is 8.47. The maximum absolute atomic E-state index is 12.8. The molecule has 0 spiro atoms. The third kappa shape index (κ3) is 3.51. The largest absolute Gasteiger partial charge is 0.467 e. The summed E-state index contributed by atoms with van der Waals surface area (Å²) in [4.78, 5) is 30.6. The molecule has 0 saturated carbocycles. The average Bonchev–Trinajstić information content (AvgIpc) is 3.03. The van der Waals surface area contributed by atoms with Gasteiger partial charge < -0.3 is 9.64 Å². The van der Waals surface area contributed by atoms with Crippen molar-refractivity contribution in [3.05, 3.63) is 40.9 Å². The van der Waals surface area contributed by atoms with Crippen LogP contribution >= 0.6 is 11.6 Å². The van der Waals surface area contributed by atoms with Gasteiger partial charge in [0.05, 0.1) is 12.8 Å². The van der Waals surface area contributed by atoms with Crippen LogP contribution < -0.4 is 0 Å². The zero-order chi connectivity index (χ0) is 18.0. The fraction of sp³-hybridized carbons (Fsp3) is 0.412. The van der Waals surface area contributed by atoms with Crippen molar-refractivity contribution in [3.8, 4) is 5.69 Å². The highest BCUT2D eigenvalue weighted by molar-refractivity contribution is 6.30. The SMILES string of the molecule is COC(=O)C1CCCCN1C(=O)c1nc(C)n(-c2ccc(Cl)cc2)n1. The van der Waals surface area contributed by atoms with Crippen molar-refractivity contribution in [1.82, 2.24) is 19.7 Å². The van der Waals surface area contributed by atoms with E-state index in [9.17, 15) is 9.59 Å². The molecule has 0 N–H and O–H groups in total. The maximum atomic E-state index is 12.8. The molecule has 2 heterocycles. The van der Waals surface area contributed by atoms with Crippen LogP contribution in [0.2, 0.25) is 5.02 Å². The van der Waals surface area contributed by atoms with Crippen LogP contribution in [0.4, 0.5) is 0 Å². The van der Waals surface area contributed by atoms with Crippen LogP contribution in [0.1, 0.15) is 35.7 Å². The zero-order valence-corrected chi connectivity index (χ0v) is 14.9. The Balaban J connectivity index is 1.88. The number of halogens is 1. The van der Waals surface area contributed by atoms with Gasteiger partial charge in [0, 0.05) is 11.6 Å². The average molecular weight is 363 g/mol. The summed E-state index contributed by atoms with van der Waals surface area (Å²) in [6.07, 6.45) is 2.32. The molecule has 2 aromatic rings. The smallest absolute Gasteiger partial charge is 0.328 e. The second-order valence-corrected chi connectivity index (χ2v) is 6.34. The Hall–Kier alpha value is -2.41. The summed E-state index contributed by atoms with van der Waals surface area (Å²) in [7, 11) is 1.33. The van der Waals surface area contributed by atoms with E-state index in [0.29, 0.717) is 23.8 Å². The topological polar surface area (TPSA) is 77.3 Å². The van der Waals surface area contributed by atoms with E-state index in [-0.39, 0.29) is 11.7 Å². The van der Waals surface area contributed by atoms with Crippen LogP contribution in [-0.4, -0.2) is 51.2 Å². The first-order chi connectivity index (χ1) is 12.0. The summed E-state index contributed by atoms with van der Waals surface area (Å²) in [5, 5.41) is 4.94. The predicted octanol–water partition coefficient (Wildman–Crippen LogP) is 2.40. The number of hydrogen-bond donors (Lipinski definition) is 0. The number of aromatic nitrogens is 3. The maximum Gasteiger partial charge on any atom is 0.328 e. The van der Waals surface area contributed by atoms with Crippen LogP contribution in [-0.2, 0) is 9.53 Å². The minimum Gasteiger partial charge on any atom is -0.467 e. The van der Waals surface area contributed by atoms with E-state index in [1.165, 1.54) is 12.0 Å². The van der Waals surface area contributed by atoms with Gasteiger partial charge in [-0.2, -0.15) is 0 Å². The highest BCUT2D eigenvalue weighted by Gasteiger charge is 2.35. The minimum atomic E-state index is -0.575. The Morgan fingerprint density at radius 2 is 1.96 bits per heavy atom. The molecule has 7 nitrogen and oxygen atoms in total. The second kappa shape index (κ2) is 7.23.